The highest BCUT2D eigenvalue weighted by molar-refractivity contribution is 5.79. The Morgan fingerprint density at radius 1 is 1.62 bits per heavy atom. The molecule has 0 saturated carbocycles. The highest BCUT2D eigenvalue weighted by atomic mass is 16.3. The topological polar surface area (TPSA) is 40.5 Å². The van der Waals surface area contributed by atoms with E-state index < -0.39 is 6.10 Å². The quantitative estimate of drug-likeness (QED) is 0.713. The number of rotatable bonds is 3. The largest absolute Gasteiger partial charge is 0.391 e. The minimum atomic E-state index is -0.444. The van der Waals surface area contributed by atoms with E-state index in [0.717, 1.165) is 6.42 Å². The lowest BCUT2D eigenvalue weighted by Crippen LogP contribution is -2.39. The molecule has 2 unspecified atom stereocenters. The van der Waals surface area contributed by atoms with Crippen molar-refractivity contribution in [1.82, 2.24) is 4.90 Å². The fourth-order valence-electron chi connectivity index (χ4n) is 2.08. The summed E-state index contributed by atoms with van der Waals surface area (Å²) in [6, 6.07) is 0.296. The Hall–Kier alpha value is -0.570. The standard InChI is InChI=1S/C10H19NO2/c1-4-9(7(2)3)11-6-8(12)5-10(11)13/h7-9,12H,4-6H2,1-3H3. The predicted molar refractivity (Wildman–Crippen MR) is 51.3 cm³/mol. The maximum absolute atomic E-state index is 11.5. The summed E-state index contributed by atoms with van der Waals surface area (Å²) in [7, 11) is 0. The molecule has 0 aliphatic carbocycles. The Morgan fingerprint density at radius 2 is 2.23 bits per heavy atom. The zero-order valence-corrected chi connectivity index (χ0v) is 8.66. The second-order valence-corrected chi connectivity index (χ2v) is 4.12. The van der Waals surface area contributed by atoms with Gasteiger partial charge in [0.2, 0.25) is 5.91 Å². The molecule has 13 heavy (non-hydrogen) atoms. The van der Waals surface area contributed by atoms with E-state index in [1.54, 1.807) is 0 Å². The molecule has 3 nitrogen and oxygen atoms in total. The van der Waals surface area contributed by atoms with E-state index >= 15 is 0 Å². The number of nitrogens with zero attached hydrogens (tertiary/aromatic N) is 1. The molecule has 76 valence electrons. The molecular formula is C10H19NO2. The molecule has 0 aromatic heterocycles. The van der Waals surface area contributed by atoms with Gasteiger partial charge in [0.25, 0.3) is 0 Å². The number of hydrogen-bond donors (Lipinski definition) is 1. The van der Waals surface area contributed by atoms with Gasteiger partial charge in [0.05, 0.1) is 12.5 Å². The predicted octanol–water partition coefficient (Wildman–Crippen LogP) is 1.01. The van der Waals surface area contributed by atoms with Gasteiger partial charge in [-0.15, -0.1) is 0 Å². The second kappa shape index (κ2) is 4.09. The van der Waals surface area contributed by atoms with Gasteiger partial charge in [-0.2, -0.15) is 0 Å². The molecule has 1 aliphatic rings. The van der Waals surface area contributed by atoms with Gasteiger partial charge in [-0.05, 0) is 12.3 Å². The first-order valence-electron chi connectivity index (χ1n) is 5.03. The first-order valence-corrected chi connectivity index (χ1v) is 5.03. The molecule has 3 heteroatoms. The molecule has 1 fully saturated rings. The molecule has 0 aromatic carbocycles. The van der Waals surface area contributed by atoms with Gasteiger partial charge < -0.3 is 10.0 Å². The van der Waals surface area contributed by atoms with E-state index in [2.05, 4.69) is 20.8 Å². The molecule has 0 spiro atoms. The molecule has 2 atom stereocenters. The molecule has 1 N–H and O–H groups in total. The van der Waals surface area contributed by atoms with Crippen molar-refractivity contribution in [3.63, 3.8) is 0 Å². The van der Waals surface area contributed by atoms with Crippen molar-refractivity contribution in [2.45, 2.75) is 45.8 Å². The lowest BCUT2D eigenvalue weighted by molar-refractivity contribution is -0.130. The van der Waals surface area contributed by atoms with Crippen LogP contribution in [0.15, 0.2) is 0 Å². The van der Waals surface area contributed by atoms with Crippen LogP contribution >= 0.6 is 0 Å². The van der Waals surface area contributed by atoms with E-state index in [0.29, 0.717) is 24.9 Å². The van der Waals surface area contributed by atoms with Crippen molar-refractivity contribution in [3.05, 3.63) is 0 Å². The normalized spacial score (nSPS) is 25.8. The number of carbonyl (C=O) groups excluding carboxylic acids is 1. The Kier molecular flexibility index (Phi) is 3.31. The van der Waals surface area contributed by atoms with Gasteiger partial charge in [-0.3, -0.25) is 4.79 Å². The van der Waals surface area contributed by atoms with Crippen molar-refractivity contribution in [2.24, 2.45) is 5.92 Å². The molecule has 0 radical (unpaired) electrons. The van der Waals surface area contributed by atoms with E-state index in [1.165, 1.54) is 0 Å². The minimum absolute atomic E-state index is 0.105. The summed E-state index contributed by atoms with van der Waals surface area (Å²) in [4.78, 5) is 13.3. The van der Waals surface area contributed by atoms with Gasteiger partial charge in [-0.25, -0.2) is 0 Å². The second-order valence-electron chi connectivity index (χ2n) is 4.12. The fraction of sp³-hybridized carbons (Fsp3) is 0.900. The van der Waals surface area contributed by atoms with E-state index in [9.17, 15) is 9.90 Å². The van der Waals surface area contributed by atoms with Crippen molar-refractivity contribution in [2.75, 3.05) is 6.54 Å². The van der Waals surface area contributed by atoms with E-state index in [4.69, 9.17) is 0 Å². The molecule has 1 amide bonds. The SMILES string of the molecule is CCC(C(C)C)N1CC(O)CC1=O. The highest BCUT2D eigenvalue weighted by Crippen LogP contribution is 2.21. The third-order valence-electron chi connectivity index (χ3n) is 2.73. The molecular weight excluding hydrogens is 166 g/mol. The van der Waals surface area contributed by atoms with E-state index in [1.807, 2.05) is 4.90 Å². The minimum Gasteiger partial charge on any atom is -0.391 e. The molecule has 0 aromatic rings. The number of aliphatic hydroxyl groups excluding tert-OH is 1. The summed E-state index contributed by atoms with van der Waals surface area (Å²) in [6.07, 6.45) is 0.833. The van der Waals surface area contributed by atoms with Gasteiger partial charge >= 0.3 is 0 Å². The van der Waals surface area contributed by atoms with Gasteiger partial charge in [0.15, 0.2) is 0 Å². The van der Waals surface area contributed by atoms with Crippen LogP contribution in [0.4, 0.5) is 0 Å². The molecule has 0 bridgehead atoms. The zero-order chi connectivity index (χ0) is 10.0. The molecule has 1 saturated heterocycles. The smallest absolute Gasteiger partial charge is 0.225 e. The summed E-state index contributed by atoms with van der Waals surface area (Å²) in [5.41, 5.74) is 0. The summed E-state index contributed by atoms with van der Waals surface area (Å²) < 4.78 is 0. The monoisotopic (exact) mass is 185 g/mol. The summed E-state index contributed by atoms with van der Waals surface area (Å²) >= 11 is 0. The molecule has 1 aliphatic heterocycles. The average Bonchev–Trinajstić information content (AvgIpc) is 2.31. The summed E-state index contributed by atoms with van der Waals surface area (Å²) in [5.74, 6) is 0.576. The van der Waals surface area contributed by atoms with Crippen LogP contribution in [0.1, 0.15) is 33.6 Å². The number of amides is 1. The van der Waals surface area contributed by atoms with Crippen LogP contribution in [0.3, 0.4) is 0 Å². The third kappa shape index (κ3) is 2.21. The van der Waals surface area contributed by atoms with Crippen LogP contribution in [0, 0.1) is 5.92 Å². The number of hydrogen-bond acceptors (Lipinski definition) is 2. The molecule has 1 heterocycles. The average molecular weight is 185 g/mol. The molecule has 1 rings (SSSR count). The number of likely N-dealkylation sites (tertiary alicyclic amines) is 1. The van der Waals surface area contributed by atoms with Crippen LogP contribution in [-0.2, 0) is 4.79 Å². The number of aliphatic hydroxyl groups is 1. The third-order valence-corrected chi connectivity index (χ3v) is 2.73. The zero-order valence-electron chi connectivity index (χ0n) is 8.66. The lowest BCUT2D eigenvalue weighted by Gasteiger charge is -2.30. The fourth-order valence-corrected chi connectivity index (χ4v) is 2.08. The van der Waals surface area contributed by atoms with Crippen LogP contribution in [-0.4, -0.2) is 34.6 Å². The van der Waals surface area contributed by atoms with Gasteiger partial charge in [0, 0.05) is 12.6 Å². The summed E-state index contributed by atoms with van der Waals surface area (Å²) in [5, 5.41) is 9.33. The maximum atomic E-state index is 11.5. The van der Waals surface area contributed by atoms with Crippen LogP contribution < -0.4 is 0 Å². The Bertz CT molecular complexity index is 191. The van der Waals surface area contributed by atoms with Crippen molar-refractivity contribution >= 4 is 5.91 Å². The van der Waals surface area contributed by atoms with Crippen LogP contribution in [0.5, 0.6) is 0 Å². The van der Waals surface area contributed by atoms with Crippen molar-refractivity contribution < 1.29 is 9.90 Å². The van der Waals surface area contributed by atoms with Gasteiger partial charge in [0.1, 0.15) is 0 Å². The Balaban J connectivity index is 2.64. The van der Waals surface area contributed by atoms with E-state index in [-0.39, 0.29) is 5.91 Å². The first kappa shape index (κ1) is 10.5. The first-order chi connectivity index (χ1) is 6.06. The summed E-state index contributed by atoms with van der Waals surface area (Å²) in [6.45, 7) is 6.84. The Morgan fingerprint density at radius 3 is 2.54 bits per heavy atom. The maximum Gasteiger partial charge on any atom is 0.225 e. The lowest BCUT2D eigenvalue weighted by atomic mass is 10.0. The van der Waals surface area contributed by atoms with Crippen molar-refractivity contribution in [3.8, 4) is 0 Å². The number of β-amino-alcohol motifs (C(OH)–C–C–N with tert-alkyl or cyclic N) is 1. The van der Waals surface area contributed by atoms with Gasteiger partial charge in [-0.1, -0.05) is 20.8 Å². The number of carbonyl (C=O) groups is 1. The van der Waals surface area contributed by atoms with Crippen LogP contribution in [0.25, 0.3) is 0 Å². The van der Waals surface area contributed by atoms with Crippen LogP contribution in [0.2, 0.25) is 0 Å². The Labute approximate surface area is 79.7 Å². The van der Waals surface area contributed by atoms with Crippen molar-refractivity contribution in [1.29, 1.82) is 0 Å². The highest BCUT2D eigenvalue weighted by Gasteiger charge is 2.33.